The Bertz CT molecular complexity index is 1760. The SMILES string of the molecule is Cc1ccc(S(=O)(=O)c2nnn3c2nc(N2CCN(c4cccc(Cl)c4)CC2)c2ccccc23)cc1C. The Morgan fingerprint density at radius 1 is 0.838 bits per heavy atom. The molecule has 2 aromatic heterocycles. The van der Waals surface area contributed by atoms with Crippen molar-refractivity contribution in [1.29, 1.82) is 0 Å². The molecule has 3 heterocycles. The minimum absolute atomic E-state index is 0.139. The van der Waals surface area contributed by atoms with Gasteiger partial charge in [0.05, 0.1) is 10.4 Å². The normalized spacial score (nSPS) is 14.6. The number of aryl methyl sites for hydroxylation is 2. The van der Waals surface area contributed by atoms with E-state index >= 15 is 0 Å². The average molecular weight is 533 g/mol. The molecule has 0 spiro atoms. The molecular weight excluding hydrogens is 508 g/mol. The maximum atomic E-state index is 13.6. The molecule has 37 heavy (non-hydrogen) atoms. The lowest BCUT2D eigenvalue weighted by atomic mass is 10.1. The molecule has 8 nitrogen and oxygen atoms in total. The van der Waals surface area contributed by atoms with Crippen molar-refractivity contribution in [2.24, 2.45) is 0 Å². The molecule has 0 N–H and O–H groups in total. The van der Waals surface area contributed by atoms with Crippen molar-refractivity contribution >= 4 is 49.5 Å². The van der Waals surface area contributed by atoms with Crippen LogP contribution in [0, 0.1) is 13.8 Å². The third-order valence-electron chi connectivity index (χ3n) is 7.00. The second kappa shape index (κ2) is 9.00. The van der Waals surface area contributed by atoms with E-state index < -0.39 is 9.84 Å². The zero-order chi connectivity index (χ0) is 25.7. The third-order valence-corrected chi connectivity index (χ3v) is 8.88. The average Bonchev–Trinajstić information content (AvgIpc) is 3.35. The molecule has 1 saturated heterocycles. The van der Waals surface area contributed by atoms with E-state index in [1.807, 2.05) is 62.4 Å². The smallest absolute Gasteiger partial charge is 0.229 e. The van der Waals surface area contributed by atoms with Gasteiger partial charge in [-0.05, 0) is 67.4 Å². The molecule has 3 aromatic carbocycles. The molecule has 6 rings (SSSR count). The molecule has 1 aliphatic heterocycles. The van der Waals surface area contributed by atoms with Gasteiger partial charge in [0.25, 0.3) is 0 Å². The van der Waals surface area contributed by atoms with Crippen LogP contribution in [-0.2, 0) is 9.84 Å². The first-order chi connectivity index (χ1) is 17.8. The molecule has 10 heteroatoms. The van der Waals surface area contributed by atoms with Crippen LogP contribution in [0.5, 0.6) is 0 Å². The van der Waals surface area contributed by atoms with Crippen molar-refractivity contribution in [1.82, 2.24) is 19.8 Å². The predicted molar refractivity (Wildman–Crippen MR) is 146 cm³/mol. The van der Waals surface area contributed by atoms with Crippen molar-refractivity contribution in [3.8, 4) is 0 Å². The summed E-state index contributed by atoms with van der Waals surface area (Å²) in [5, 5.41) is 9.79. The van der Waals surface area contributed by atoms with E-state index in [2.05, 4.69) is 26.2 Å². The number of hydrogen-bond donors (Lipinski definition) is 0. The van der Waals surface area contributed by atoms with E-state index in [1.165, 1.54) is 4.52 Å². The van der Waals surface area contributed by atoms with Crippen LogP contribution in [0.4, 0.5) is 11.5 Å². The fourth-order valence-electron chi connectivity index (χ4n) is 4.79. The van der Waals surface area contributed by atoms with Crippen LogP contribution in [0.15, 0.2) is 76.7 Å². The summed E-state index contributed by atoms with van der Waals surface area (Å²) in [7, 11) is -3.92. The maximum absolute atomic E-state index is 13.6. The van der Waals surface area contributed by atoms with Gasteiger partial charge in [0.15, 0.2) is 5.65 Å². The topological polar surface area (TPSA) is 83.7 Å². The third kappa shape index (κ3) is 4.08. The second-order valence-corrected chi connectivity index (χ2v) is 11.6. The lowest BCUT2D eigenvalue weighted by Crippen LogP contribution is -2.47. The highest BCUT2D eigenvalue weighted by atomic mass is 35.5. The number of halogens is 1. The highest BCUT2D eigenvalue weighted by Crippen LogP contribution is 2.31. The summed E-state index contributed by atoms with van der Waals surface area (Å²) in [6.45, 7) is 6.86. The first-order valence-corrected chi connectivity index (χ1v) is 13.9. The van der Waals surface area contributed by atoms with Gasteiger partial charge in [-0.2, -0.15) is 4.52 Å². The van der Waals surface area contributed by atoms with Gasteiger partial charge in [0.1, 0.15) is 5.82 Å². The van der Waals surface area contributed by atoms with Gasteiger partial charge >= 0.3 is 0 Å². The fourth-order valence-corrected chi connectivity index (χ4v) is 6.29. The van der Waals surface area contributed by atoms with Gasteiger partial charge in [-0.1, -0.05) is 41.1 Å². The molecule has 0 aliphatic carbocycles. The lowest BCUT2D eigenvalue weighted by molar-refractivity contribution is 0.592. The molecule has 1 fully saturated rings. The van der Waals surface area contributed by atoms with E-state index in [1.54, 1.807) is 12.1 Å². The number of sulfone groups is 1. The number of benzene rings is 3. The van der Waals surface area contributed by atoms with Gasteiger partial charge in [0, 0.05) is 42.3 Å². The van der Waals surface area contributed by atoms with Crippen molar-refractivity contribution in [3.05, 3.63) is 82.9 Å². The van der Waals surface area contributed by atoms with Crippen LogP contribution in [0.25, 0.3) is 16.6 Å². The molecular formula is C27H25ClN6O2S. The Kier molecular flexibility index (Phi) is 5.77. The number of anilines is 2. The highest BCUT2D eigenvalue weighted by Gasteiger charge is 2.29. The fraction of sp³-hybridized carbons (Fsp3) is 0.222. The molecule has 0 saturated carbocycles. The highest BCUT2D eigenvalue weighted by molar-refractivity contribution is 7.91. The number of aromatic nitrogens is 4. The van der Waals surface area contributed by atoms with E-state index in [9.17, 15) is 8.42 Å². The van der Waals surface area contributed by atoms with Crippen molar-refractivity contribution in [2.45, 2.75) is 23.8 Å². The summed E-state index contributed by atoms with van der Waals surface area (Å²) >= 11 is 6.20. The van der Waals surface area contributed by atoms with Crippen molar-refractivity contribution in [3.63, 3.8) is 0 Å². The van der Waals surface area contributed by atoms with E-state index in [-0.39, 0.29) is 15.6 Å². The van der Waals surface area contributed by atoms with Crippen LogP contribution in [0.1, 0.15) is 11.1 Å². The summed E-state index contributed by atoms with van der Waals surface area (Å²) in [6.07, 6.45) is 0. The zero-order valence-electron chi connectivity index (χ0n) is 20.5. The van der Waals surface area contributed by atoms with Crippen LogP contribution < -0.4 is 9.80 Å². The van der Waals surface area contributed by atoms with E-state index in [0.717, 1.165) is 59.7 Å². The van der Waals surface area contributed by atoms with Crippen molar-refractivity contribution < 1.29 is 8.42 Å². The summed E-state index contributed by atoms with van der Waals surface area (Å²) in [6, 6.07) is 20.7. The van der Waals surface area contributed by atoms with Crippen LogP contribution in [0.3, 0.4) is 0 Å². The number of rotatable bonds is 4. The van der Waals surface area contributed by atoms with E-state index in [0.29, 0.717) is 5.02 Å². The zero-order valence-corrected chi connectivity index (χ0v) is 22.0. The number of hydrogen-bond acceptors (Lipinski definition) is 7. The number of nitrogens with zero attached hydrogens (tertiary/aromatic N) is 6. The Hall–Kier alpha value is -3.69. The monoisotopic (exact) mass is 532 g/mol. The van der Waals surface area contributed by atoms with Gasteiger partial charge < -0.3 is 9.80 Å². The second-order valence-electron chi connectivity index (χ2n) is 9.29. The summed E-state index contributed by atoms with van der Waals surface area (Å²) < 4.78 is 28.8. The summed E-state index contributed by atoms with van der Waals surface area (Å²) in [4.78, 5) is 9.55. The minimum Gasteiger partial charge on any atom is -0.368 e. The van der Waals surface area contributed by atoms with Gasteiger partial charge in [-0.25, -0.2) is 13.4 Å². The molecule has 0 bridgehead atoms. The Balaban J connectivity index is 1.43. The standard InChI is InChI=1S/C27H25ClN6O2S/c1-18-10-11-22(16-19(18)2)37(35,36)27-26-29-25(23-8-3-4-9-24(23)34(26)31-30-27)33-14-12-32(13-15-33)21-7-5-6-20(28)17-21/h3-11,16-17H,12-15H2,1-2H3. The molecule has 0 unspecified atom stereocenters. The van der Waals surface area contributed by atoms with Gasteiger partial charge in [-0.15, -0.1) is 5.10 Å². The summed E-state index contributed by atoms with van der Waals surface area (Å²) in [5.41, 5.74) is 3.99. The predicted octanol–water partition coefficient (Wildman–Crippen LogP) is 4.71. The van der Waals surface area contributed by atoms with Crippen LogP contribution >= 0.6 is 11.6 Å². The first-order valence-electron chi connectivity index (χ1n) is 12.0. The Morgan fingerprint density at radius 3 is 2.35 bits per heavy atom. The van der Waals surface area contributed by atoms with Gasteiger partial charge in [-0.3, -0.25) is 0 Å². The number of para-hydroxylation sites is 1. The molecule has 0 amide bonds. The van der Waals surface area contributed by atoms with Crippen molar-refractivity contribution in [2.75, 3.05) is 36.0 Å². The first kappa shape index (κ1) is 23.7. The molecule has 0 radical (unpaired) electrons. The van der Waals surface area contributed by atoms with Gasteiger partial charge in [0.2, 0.25) is 14.9 Å². The molecule has 1 aliphatic rings. The van der Waals surface area contributed by atoms with Crippen LogP contribution in [-0.4, -0.2) is 54.4 Å². The van der Waals surface area contributed by atoms with E-state index in [4.69, 9.17) is 16.6 Å². The molecule has 0 atom stereocenters. The molecule has 5 aromatic rings. The maximum Gasteiger partial charge on any atom is 0.229 e. The largest absolute Gasteiger partial charge is 0.368 e. The quantitative estimate of drug-likeness (QED) is 0.331. The molecule has 188 valence electrons. The number of fused-ring (bicyclic) bond motifs is 3. The van der Waals surface area contributed by atoms with Crippen LogP contribution in [0.2, 0.25) is 5.02 Å². The summed E-state index contributed by atoms with van der Waals surface area (Å²) in [5.74, 6) is 0.729. The Morgan fingerprint density at radius 2 is 1.59 bits per heavy atom. The Labute approximate surface area is 220 Å². The minimum atomic E-state index is -3.92. The lowest BCUT2D eigenvalue weighted by Gasteiger charge is -2.37. The number of piperazine rings is 1.